The molecule has 0 aliphatic heterocycles. The lowest BCUT2D eigenvalue weighted by Gasteiger charge is -2.24. The molecule has 0 aliphatic rings. The highest BCUT2D eigenvalue weighted by Crippen LogP contribution is 2.61. The minimum absolute atomic E-state index is 0.121. The van der Waals surface area contributed by atoms with E-state index in [4.69, 9.17) is 18.2 Å². The van der Waals surface area contributed by atoms with E-state index in [9.17, 15) is 14.2 Å². The molecule has 130 valence electrons. The molecule has 8 heteroatoms. The van der Waals surface area contributed by atoms with Crippen LogP contribution in [-0.2, 0) is 18.4 Å². The molecule has 23 heavy (non-hydrogen) atoms. The van der Waals surface area contributed by atoms with Gasteiger partial charge in [0, 0.05) is 12.5 Å². The maximum absolute atomic E-state index is 12.9. The Hall–Kier alpha value is -1.43. The van der Waals surface area contributed by atoms with Gasteiger partial charge in [0.1, 0.15) is 17.2 Å². The quantitative estimate of drug-likeness (QED) is 0.551. The minimum Gasteiger partial charge on any atom is -0.426 e. The van der Waals surface area contributed by atoms with Crippen molar-refractivity contribution in [3.8, 4) is 5.75 Å². The minimum atomic E-state index is -3.52. The van der Waals surface area contributed by atoms with Crippen molar-refractivity contribution in [3.05, 3.63) is 27.3 Å². The summed E-state index contributed by atoms with van der Waals surface area (Å²) in [5, 5.41) is 0. The van der Waals surface area contributed by atoms with Crippen LogP contribution in [0.1, 0.15) is 50.2 Å². The molecule has 1 rings (SSSR count). The number of carbonyl (C=O) groups is 1. The van der Waals surface area contributed by atoms with Crippen LogP contribution in [0.25, 0.3) is 0 Å². The van der Waals surface area contributed by atoms with Crippen molar-refractivity contribution in [2.75, 3.05) is 13.2 Å². The van der Waals surface area contributed by atoms with Gasteiger partial charge in [-0.15, -0.1) is 0 Å². The van der Waals surface area contributed by atoms with E-state index in [0.717, 1.165) is 0 Å². The number of carbonyl (C=O) groups excluding carboxylic acids is 1. The number of ether oxygens (including phenoxy) is 1. The van der Waals surface area contributed by atoms with Crippen LogP contribution < -0.4 is 10.4 Å². The van der Waals surface area contributed by atoms with Crippen LogP contribution in [0, 0.1) is 13.8 Å². The van der Waals surface area contributed by atoms with E-state index in [1.807, 2.05) is 0 Å². The molecule has 1 aromatic heterocycles. The zero-order valence-corrected chi connectivity index (χ0v) is 15.2. The number of hydrogen-bond donors (Lipinski definition) is 0. The molecule has 0 aromatic carbocycles. The number of rotatable bonds is 7. The van der Waals surface area contributed by atoms with Crippen LogP contribution >= 0.6 is 7.60 Å². The van der Waals surface area contributed by atoms with Gasteiger partial charge in [-0.1, -0.05) is 0 Å². The van der Waals surface area contributed by atoms with E-state index in [0.29, 0.717) is 5.56 Å². The summed E-state index contributed by atoms with van der Waals surface area (Å²) >= 11 is 0. The summed E-state index contributed by atoms with van der Waals surface area (Å²) < 4.78 is 33.9. The van der Waals surface area contributed by atoms with E-state index in [-0.39, 0.29) is 30.3 Å². The second kappa shape index (κ2) is 7.90. The summed E-state index contributed by atoms with van der Waals surface area (Å²) in [4.78, 5) is 23.3. The molecular formula is C15H23O7P. The molecule has 0 bridgehead atoms. The van der Waals surface area contributed by atoms with Gasteiger partial charge in [-0.05, 0) is 34.6 Å². The van der Waals surface area contributed by atoms with Gasteiger partial charge >= 0.3 is 19.2 Å². The molecule has 1 atom stereocenters. The molecule has 0 amide bonds. The maximum atomic E-state index is 12.9. The van der Waals surface area contributed by atoms with Crippen molar-refractivity contribution in [3.63, 3.8) is 0 Å². The highest BCUT2D eigenvalue weighted by atomic mass is 31.2. The molecule has 0 saturated carbocycles. The third-order valence-corrected chi connectivity index (χ3v) is 5.70. The Labute approximate surface area is 135 Å². The predicted molar refractivity (Wildman–Crippen MR) is 85.0 cm³/mol. The van der Waals surface area contributed by atoms with Gasteiger partial charge in [-0.25, -0.2) is 4.79 Å². The Kier molecular flexibility index (Phi) is 6.74. The molecule has 1 aromatic rings. The summed E-state index contributed by atoms with van der Waals surface area (Å²) in [7, 11) is -3.52. The standard InChI is InChI=1S/C15H23O7P/c1-7-19-23(18,20-8-2)11(5)14-9(3)13(21-12(6)16)10(4)15(17)22-14/h11H,7-8H2,1-6H3. The third kappa shape index (κ3) is 4.31. The normalized spacial score (nSPS) is 13.0. The third-order valence-electron chi connectivity index (χ3n) is 3.28. The Bertz CT molecular complexity index is 667. The van der Waals surface area contributed by atoms with Crippen LogP contribution in [0.3, 0.4) is 0 Å². The molecule has 0 spiro atoms. The van der Waals surface area contributed by atoms with Gasteiger partial charge in [0.2, 0.25) is 0 Å². The van der Waals surface area contributed by atoms with Gasteiger partial charge in [0.15, 0.2) is 0 Å². The zero-order chi connectivity index (χ0) is 17.8. The Balaban J connectivity index is 3.47. The predicted octanol–water partition coefficient (Wildman–Crippen LogP) is 3.51. The lowest BCUT2D eigenvalue weighted by Crippen LogP contribution is -2.16. The van der Waals surface area contributed by atoms with Gasteiger partial charge < -0.3 is 18.2 Å². The van der Waals surface area contributed by atoms with Crippen LogP contribution in [0.2, 0.25) is 0 Å². The number of hydrogen-bond acceptors (Lipinski definition) is 7. The first-order chi connectivity index (χ1) is 10.7. The first-order valence-corrected chi connectivity index (χ1v) is 9.00. The molecule has 0 N–H and O–H groups in total. The lowest BCUT2D eigenvalue weighted by atomic mass is 10.1. The SMILES string of the molecule is CCOP(=O)(OCC)C(C)c1oc(=O)c(C)c(OC(C)=O)c1C. The molecular weight excluding hydrogens is 323 g/mol. The van der Waals surface area contributed by atoms with Crippen molar-refractivity contribution < 1.29 is 27.6 Å². The fraction of sp³-hybridized carbons (Fsp3) is 0.600. The van der Waals surface area contributed by atoms with Crippen molar-refractivity contribution in [1.29, 1.82) is 0 Å². The van der Waals surface area contributed by atoms with Crippen LogP contribution in [0.4, 0.5) is 0 Å². The maximum Gasteiger partial charge on any atom is 0.342 e. The first-order valence-electron chi connectivity index (χ1n) is 7.39. The van der Waals surface area contributed by atoms with Crippen molar-refractivity contribution in [1.82, 2.24) is 0 Å². The summed E-state index contributed by atoms with van der Waals surface area (Å²) in [6.07, 6.45) is 0. The topological polar surface area (TPSA) is 92.0 Å². The van der Waals surface area contributed by atoms with Crippen molar-refractivity contribution in [2.45, 2.75) is 47.2 Å². The van der Waals surface area contributed by atoms with Crippen LogP contribution in [0.5, 0.6) is 5.75 Å². The molecule has 1 heterocycles. The summed E-state index contributed by atoms with van der Waals surface area (Å²) in [6, 6.07) is 0. The molecule has 0 aliphatic carbocycles. The molecule has 0 saturated heterocycles. The largest absolute Gasteiger partial charge is 0.426 e. The molecule has 7 nitrogen and oxygen atoms in total. The smallest absolute Gasteiger partial charge is 0.342 e. The van der Waals surface area contributed by atoms with E-state index < -0.39 is 24.8 Å². The second-order valence-corrected chi connectivity index (χ2v) is 7.35. The molecule has 0 fully saturated rings. The first kappa shape index (κ1) is 19.6. The lowest BCUT2D eigenvalue weighted by molar-refractivity contribution is -0.132. The highest BCUT2D eigenvalue weighted by molar-refractivity contribution is 7.54. The zero-order valence-electron chi connectivity index (χ0n) is 14.3. The Morgan fingerprint density at radius 3 is 2.13 bits per heavy atom. The average Bonchev–Trinajstić information content (AvgIpc) is 2.47. The summed E-state index contributed by atoms with van der Waals surface area (Å²) in [5.74, 6) is -0.310. The van der Waals surface area contributed by atoms with E-state index in [1.165, 1.54) is 13.8 Å². The van der Waals surface area contributed by atoms with E-state index >= 15 is 0 Å². The van der Waals surface area contributed by atoms with E-state index in [1.54, 1.807) is 27.7 Å². The molecule has 1 unspecified atom stereocenters. The Morgan fingerprint density at radius 2 is 1.70 bits per heavy atom. The number of esters is 1. The summed E-state index contributed by atoms with van der Waals surface area (Å²) in [6.45, 7) is 9.72. The van der Waals surface area contributed by atoms with Gasteiger partial charge in [-0.3, -0.25) is 9.36 Å². The fourth-order valence-corrected chi connectivity index (χ4v) is 3.97. The van der Waals surface area contributed by atoms with Gasteiger partial charge in [0.05, 0.1) is 18.8 Å². The van der Waals surface area contributed by atoms with Crippen LogP contribution in [-0.4, -0.2) is 19.2 Å². The van der Waals surface area contributed by atoms with Gasteiger partial charge in [-0.2, -0.15) is 0 Å². The monoisotopic (exact) mass is 346 g/mol. The molecule has 0 radical (unpaired) electrons. The van der Waals surface area contributed by atoms with Crippen LogP contribution in [0.15, 0.2) is 9.21 Å². The Morgan fingerprint density at radius 1 is 1.17 bits per heavy atom. The van der Waals surface area contributed by atoms with Gasteiger partial charge in [0.25, 0.3) is 0 Å². The second-order valence-electron chi connectivity index (χ2n) is 4.98. The highest BCUT2D eigenvalue weighted by Gasteiger charge is 2.37. The van der Waals surface area contributed by atoms with Crippen molar-refractivity contribution >= 4 is 13.6 Å². The van der Waals surface area contributed by atoms with E-state index in [2.05, 4.69) is 0 Å². The fourth-order valence-electron chi connectivity index (χ4n) is 2.20. The average molecular weight is 346 g/mol. The van der Waals surface area contributed by atoms with Crippen molar-refractivity contribution in [2.24, 2.45) is 0 Å². The summed E-state index contributed by atoms with van der Waals surface area (Å²) in [5.41, 5.74) is -0.876.